The van der Waals surface area contributed by atoms with Gasteiger partial charge in [0, 0.05) is 16.6 Å². The molecular weight excluding hydrogens is 374 g/mol. The fourth-order valence-electron chi connectivity index (χ4n) is 4.74. The largest absolute Gasteiger partial charge is 0.496 e. The lowest BCUT2D eigenvalue weighted by atomic mass is 9.68. The maximum Gasteiger partial charge on any atom is 0.193 e. The fraction of sp³-hybridized carbons (Fsp3) is 0.385. The number of fused-ring (bicyclic) bond motifs is 3. The predicted octanol–water partition coefficient (Wildman–Crippen LogP) is 4.75. The molecule has 0 atom stereocenters. The molecule has 2 aromatic rings. The molecule has 4 nitrogen and oxygen atoms in total. The monoisotopic (exact) mass is 401 g/mol. The minimum atomic E-state index is -0.789. The molecule has 0 bridgehead atoms. The molecule has 4 heteroatoms. The van der Waals surface area contributed by atoms with E-state index in [1.54, 1.807) is 27.0 Å². The lowest BCUT2D eigenvalue weighted by molar-refractivity contribution is 0.0712. The number of allylic oxidation sites excluding steroid dienone is 2. The van der Waals surface area contributed by atoms with Gasteiger partial charge in [0.1, 0.15) is 5.75 Å². The Morgan fingerprint density at radius 1 is 1.20 bits per heavy atom. The zero-order chi connectivity index (χ0) is 21.8. The highest BCUT2D eigenvalue weighted by molar-refractivity contribution is 6.33. The van der Waals surface area contributed by atoms with Gasteiger partial charge in [0.2, 0.25) is 0 Å². The van der Waals surface area contributed by atoms with Gasteiger partial charge < -0.3 is 9.84 Å². The Balaban J connectivity index is 1.84. The average molecular weight is 402 g/mol. The van der Waals surface area contributed by atoms with Crippen LogP contribution in [0, 0.1) is 11.3 Å². The van der Waals surface area contributed by atoms with Crippen molar-refractivity contribution in [2.24, 2.45) is 0 Å². The van der Waals surface area contributed by atoms with Crippen molar-refractivity contribution in [1.29, 1.82) is 5.26 Å². The Bertz CT molecular complexity index is 1140. The van der Waals surface area contributed by atoms with Crippen molar-refractivity contribution in [2.45, 2.75) is 58.0 Å². The smallest absolute Gasteiger partial charge is 0.193 e. The Labute approximate surface area is 177 Å². The number of nitrogens with zero attached hydrogens (tertiary/aromatic N) is 1. The van der Waals surface area contributed by atoms with Crippen LogP contribution in [0.2, 0.25) is 0 Å². The van der Waals surface area contributed by atoms with Crippen LogP contribution in [0.3, 0.4) is 0 Å². The molecule has 0 radical (unpaired) electrons. The minimum absolute atomic E-state index is 0.0370. The lowest BCUT2D eigenvalue weighted by Crippen LogP contribution is -2.30. The summed E-state index contributed by atoms with van der Waals surface area (Å²) < 4.78 is 5.66. The standard InChI is InChI=1S/C26H27NO3/c1-25(2,29)9-8-16-11-19-20(13-22(16)30-5)26(3,4)21-12-17-10-15(14-27)6-7-18(17)23(21)24(19)28/h6-7,10-11,13,29H,8-9,12H2,1-5H3. The van der Waals surface area contributed by atoms with E-state index in [2.05, 4.69) is 19.9 Å². The van der Waals surface area contributed by atoms with Gasteiger partial charge in [0.05, 0.1) is 24.3 Å². The van der Waals surface area contributed by atoms with Gasteiger partial charge in [0.15, 0.2) is 5.78 Å². The first-order chi connectivity index (χ1) is 14.1. The number of aliphatic hydroxyl groups is 1. The topological polar surface area (TPSA) is 70.3 Å². The molecular formula is C26H27NO3. The lowest BCUT2D eigenvalue weighted by Gasteiger charge is -2.35. The van der Waals surface area contributed by atoms with E-state index in [4.69, 9.17) is 4.74 Å². The van der Waals surface area contributed by atoms with Crippen LogP contribution in [0.25, 0.3) is 5.57 Å². The molecule has 0 amide bonds. The molecule has 154 valence electrons. The number of carbonyl (C=O) groups is 1. The molecule has 0 fully saturated rings. The van der Waals surface area contributed by atoms with Gasteiger partial charge in [0.25, 0.3) is 0 Å². The van der Waals surface area contributed by atoms with Crippen molar-refractivity contribution in [3.8, 4) is 11.8 Å². The number of methoxy groups -OCH3 is 1. The second-order valence-corrected chi connectivity index (χ2v) is 9.49. The Hall–Kier alpha value is -2.90. The van der Waals surface area contributed by atoms with Crippen molar-refractivity contribution in [3.05, 3.63) is 69.3 Å². The quantitative estimate of drug-likeness (QED) is 0.802. The van der Waals surface area contributed by atoms with Crippen molar-refractivity contribution < 1.29 is 14.6 Å². The summed E-state index contributed by atoms with van der Waals surface area (Å²) >= 11 is 0. The van der Waals surface area contributed by atoms with Crippen LogP contribution >= 0.6 is 0 Å². The predicted molar refractivity (Wildman–Crippen MR) is 117 cm³/mol. The summed E-state index contributed by atoms with van der Waals surface area (Å²) in [6.45, 7) is 7.88. The summed E-state index contributed by atoms with van der Waals surface area (Å²) in [6, 6.07) is 11.7. The van der Waals surface area contributed by atoms with Gasteiger partial charge in [-0.25, -0.2) is 0 Å². The third-order valence-electron chi connectivity index (χ3n) is 6.50. The van der Waals surface area contributed by atoms with Gasteiger partial charge in [-0.15, -0.1) is 0 Å². The van der Waals surface area contributed by atoms with Crippen LogP contribution in [-0.4, -0.2) is 23.6 Å². The van der Waals surface area contributed by atoms with E-state index in [0.717, 1.165) is 39.1 Å². The molecule has 4 rings (SSSR count). The number of hydrogen-bond donors (Lipinski definition) is 1. The van der Waals surface area contributed by atoms with Gasteiger partial charge in [-0.05, 0) is 85.2 Å². The van der Waals surface area contributed by atoms with Gasteiger partial charge >= 0.3 is 0 Å². The van der Waals surface area contributed by atoms with E-state index in [1.807, 2.05) is 24.3 Å². The highest BCUT2D eigenvalue weighted by Gasteiger charge is 2.43. The van der Waals surface area contributed by atoms with E-state index in [0.29, 0.717) is 30.4 Å². The van der Waals surface area contributed by atoms with E-state index in [1.165, 1.54) is 0 Å². The Morgan fingerprint density at radius 3 is 2.57 bits per heavy atom. The molecule has 0 aliphatic heterocycles. The summed E-state index contributed by atoms with van der Waals surface area (Å²) in [4.78, 5) is 13.6. The number of ether oxygens (including phenoxy) is 1. The Kier molecular flexibility index (Phi) is 4.63. The van der Waals surface area contributed by atoms with Gasteiger partial charge in [-0.3, -0.25) is 4.79 Å². The third-order valence-corrected chi connectivity index (χ3v) is 6.50. The number of rotatable bonds is 4. The second-order valence-electron chi connectivity index (χ2n) is 9.49. The van der Waals surface area contributed by atoms with E-state index in [-0.39, 0.29) is 11.2 Å². The number of benzene rings is 2. The number of ketones is 1. The molecule has 0 aromatic heterocycles. The van der Waals surface area contributed by atoms with E-state index in [9.17, 15) is 15.2 Å². The molecule has 0 spiro atoms. The first-order valence-corrected chi connectivity index (χ1v) is 10.3. The number of Topliss-reactive ketones (excluding diaryl/α,β-unsaturated/α-hetero) is 1. The molecule has 0 saturated carbocycles. The fourth-order valence-corrected chi connectivity index (χ4v) is 4.74. The van der Waals surface area contributed by atoms with Crippen molar-refractivity contribution in [2.75, 3.05) is 7.11 Å². The number of carbonyl (C=O) groups excluding carboxylic acids is 1. The highest BCUT2D eigenvalue weighted by atomic mass is 16.5. The molecule has 30 heavy (non-hydrogen) atoms. The van der Waals surface area contributed by atoms with Crippen LogP contribution in [0.15, 0.2) is 35.9 Å². The van der Waals surface area contributed by atoms with Crippen LogP contribution in [-0.2, 0) is 18.3 Å². The normalized spacial score (nSPS) is 16.6. The second kappa shape index (κ2) is 6.82. The van der Waals surface area contributed by atoms with E-state index >= 15 is 0 Å². The zero-order valence-corrected chi connectivity index (χ0v) is 18.2. The molecule has 1 N–H and O–H groups in total. The number of nitriles is 1. The van der Waals surface area contributed by atoms with Crippen molar-refractivity contribution in [1.82, 2.24) is 0 Å². The summed E-state index contributed by atoms with van der Waals surface area (Å²) in [5.74, 6) is 0.792. The minimum Gasteiger partial charge on any atom is -0.496 e. The van der Waals surface area contributed by atoms with Crippen LogP contribution in [0.1, 0.15) is 72.3 Å². The Morgan fingerprint density at radius 2 is 1.93 bits per heavy atom. The molecule has 2 aromatic carbocycles. The first kappa shape index (κ1) is 20.4. The summed E-state index contributed by atoms with van der Waals surface area (Å²) in [6.07, 6.45) is 1.89. The van der Waals surface area contributed by atoms with Crippen LogP contribution in [0.4, 0.5) is 0 Å². The SMILES string of the molecule is COc1cc2c(cc1CCC(C)(C)O)C(=O)C1=C(Cc3cc(C#N)ccc31)C2(C)C. The van der Waals surface area contributed by atoms with E-state index < -0.39 is 5.60 Å². The first-order valence-electron chi connectivity index (χ1n) is 10.3. The maximum atomic E-state index is 13.6. The van der Waals surface area contributed by atoms with Crippen molar-refractivity contribution >= 4 is 11.4 Å². The third kappa shape index (κ3) is 3.14. The number of hydrogen-bond acceptors (Lipinski definition) is 4. The summed E-state index contributed by atoms with van der Waals surface area (Å²) in [5.41, 5.74) is 6.00. The molecule has 0 unspecified atom stereocenters. The number of aryl methyl sites for hydroxylation is 1. The van der Waals surface area contributed by atoms with Gasteiger partial charge in [-0.1, -0.05) is 19.9 Å². The zero-order valence-electron chi connectivity index (χ0n) is 18.2. The van der Waals surface area contributed by atoms with Crippen molar-refractivity contribution in [3.63, 3.8) is 0 Å². The molecule has 2 aliphatic rings. The van der Waals surface area contributed by atoms with Crippen LogP contribution < -0.4 is 4.74 Å². The maximum absolute atomic E-state index is 13.6. The molecule has 2 aliphatic carbocycles. The summed E-state index contributed by atoms with van der Waals surface area (Å²) in [7, 11) is 1.65. The van der Waals surface area contributed by atoms with Gasteiger partial charge in [-0.2, -0.15) is 5.26 Å². The van der Waals surface area contributed by atoms with Crippen LogP contribution in [0.5, 0.6) is 5.75 Å². The highest BCUT2D eigenvalue weighted by Crippen LogP contribution is 2.51. The molecule has 0 heterocycles. The molecule has 0 saturated heterocycles. The summed E-state index contributed by atoms with van der Waals surface area (Å²) in [5, 5.41) is 19.4. The average Bonchev–Trinajstić information content (AvgIpc) is 3.09.